The van der Waals surface area contributed by atoms with Crippen molar-refractivity contribution in [3.05, 3.63) is 53.6 Å². The summed E-state index contributed by atoms with van der Waals surface area (Å²) < 4.78 is 27.1. The van der Waals surface area contributed by atoms with Gasteiger partial charge in [-0.15, -0.1) is 0 Å². The fraction of sp³-hybridized carbons (Fsp3) is 0.400. The molecule has 3 aromatic heterocycles. The molecule has 8 nitrogen and oxygen atoms in total. The second-order valence-corrected chi connectivity index (χ2v) is 9.27. The molecule has 2 aliphatic rings. The minimum absolute atomic E-state index is 0.0223. The summed E-state index contributed by atoms with van der Waals surface area (Å²) in [7, 11) is 1.46. The van der Waals surface area contributed by atoms with E-state index in [1.165, 1.54) is 19.2 Å². The lowest BCUT2D eigenvalue weighted by Crippen LogP contribution is -2.51. The van der Waals surface area contributed by atoms with E-state index in [1.807, 2.05) is 0 Å². The van der Waals surface area contributed by atoms with Crippen LogP contribution in [0.3, 0.4) is 0 Å². The number of aromatic nitrogens is 4. The molecule has 176 valence electrons. The summed E-state index contributed by atoms with van der Waals surface area (Å²) in [6.45, 7) is 1.32. The van der Waals surface area contributed by atoms with E-state index in [9.17, 15) is 14.3 Å². The molecule has 4 aromatic rings. The van der Waals surface area contributed by atoms with E-state index in [2.05, 4.69) is 20.8 Å². The first-order valence-corrected chi connectivity index (χ1v) is 11.5. The van der Waals surface area contributed by atoms with Crippen molar-refractivity contribution >= 4 is 28.0 Å². The molecular formula is C25H25FN4O4. The predicted octanol–water partition coefficient (Wildman–Crippen LogP) is 4.28. The Balaban J connectivity index is 1.62. The van der Waals surface area contributed by atoms with Gasteiger partial charge in [0.2, 0.25) is 0 Å². The molecule has 1 aliphatic heterocycles. The second-order valence-electron chi connectivity index (χ2n) is 9.27. The van der Waals surface area contributed by atoms with Crippen LogP contribution in [0.4, 0.5) is 4.39 Å². The number of ether oxygens (including phenoxy) is 2. The van der Waals surface area contributed by atoms with Gasteiger partial charge in [0.15, 0.2) is 11.2 Å². The molecule has 2 fully saturated rings. The number of nitrogens with one attached hydrogen (secondary N) is 1. The first kappa shape index (κ1) is 21.2. The Bertz CT molecular complexity index is 1380. The van der Waals surface area contributed by atoms with Gasteiger partial charge in [-0.2, -0.15) is 5.10 Å². The van der Waals surface area contributed by atoms with E-state index in [4.69, 9.17) is 14.5 Å². The Hall–Kier alpha value is -3.30. The number of halogens is 1. The van der Waals surface area contributed by atoms with E-state index < -0.39 is 11.6 Å². The zero-order chi connectivity index (χ0) is 23.4. The highest BCUT2D eigenvalue weighted by atomic mass is 19.1. The average molecular weight is 464 g/mol. The highest BCUT2D eigenvalue weighted by molar-refractivity contribution is 5.94. The van der Waals surface area contributed by atoms with Crippen molar-refractivity contribution in [3.8, 4) is 5.69 Å². The molecule has 0 unspecified atom stereocenters. The van der Waals surface area contributed by atoms with Gasteiger partial charge >= 0.3 is 5.97 Å². The Morgan fingerprint density at radius 1 is 1.24 bits per heavy atom. The lowest BCUT2D eigenvalue weighted by molar-refractivity contribution is -0.175. The first-order chi connectivity index (χ1) is 16.5. The smallest absolute Gasteiger partial charge is 0.335 e. The molecule has 9 heteroatoms. The number of nitrogens with zero attached hydrogens (tertiary/aromatic N) is 3. The number of carbonyl (C=O) groups is 1. The minimum atomic E-state index is -1.18. The zero-order valence-corrected chi connectivity index (χ0v) is 18.8. The van der Waals surface area contributed by atoms with Gasteiger partial charge in [0.05, 0.1) is 17.2 Å². The monoisotopic (exact) mass is 464 g/mol. The van der Waals surface area contributed by atoms with Crippen LogP contribution in [0.1, 0.15) is 48.8 Å². The van der Waals surface area contributed by atoms with Gasteiger partial charge < -0.3 is 19.1 Å². The topological polar surface area (TPSA) is 102 Å². The summed E-state index contributed by atoms with van der Waals surface area (Å²) in [6.07, 6.45) is 4.19. The lowest BCUT2D eigenvalue weighted by atomic mass is 9.66. The molecule has 4 heterocycles. The van der Waals surface area contributed by atoms with Crippen LogP contribution < -0.4 is 0 Å². The fourth-order valence-corrected chi connectivity index (χ4v) is 5.62. The summed E-state index contributed by atoms with van der Waals surface area (Å²) in [5.74, 6) is -1.05. The third-order valence-electron chi connectivity index (χ3n) is 7.45. The summed E-state index contributed by atoms with van der Waals surface area (Å²) in [6, 6.07) is 8.53. The van der Waals surface area contributed by atoms with Crippen LogP contribution >= 0.6 is 0 Å². The molecule has 2 N–H and O–H groups in total. The molecule has 0 radical (unpaired) electrons. The van der Waals surface area contributed by atoms with Crippen LogP contribution in [0, 0.1) is 5.82 Å². The highest BCUT2D eigenvalue weighted by Crippen LogP contribution is 2.52. The highest BCUT2D eigenvalue weighted by Gasteiger charge is 2.53. The van der Waals surface area contributed by atoms with Crippen LogP contribution in [0.5, 0.6) is 0 Å². The van der Waals surface area contributed by atoms with Gasteiger partial charge in [-0.25, -0.2) is 14.2 Å². The predicted molar refractivity (Wildman–Crippen MR) is 123 cm³/mol. The number of pyridine rings is 1. The minimum Gasteiger partial charge on any atom is -0.479 e. The number of fused-ring (bicyclic) bond motifs is 2. The van der Waals surface area contributed by atoms with Crippen LogP contribution in [-0.2, 0) is 14.3 Å². The van der Waals surface area contributed by atoms with Gasteiger partial charge in [0.25, 0.3) is 0 Å². The van der Waals surface area contributed by atoms with Crippen LogP contribution in [-0.4, -0.2) is 56.7 Å². The first-order valence-electron chi connectivity index (χ1n) is 11.5. The van der Waals surface area contributed by atoms with Crippen LogP contribution in [0.2, 0.25) is 0 Å². The van der Waals surface area contributed by atoms with Gasteiger partial charge in [0.1, 0.15) is 5.82 Å². The Morgan fingerprint density at radius 3 is 2.65 bits per heavy atom. The van der Waals surface area contributed by atoms with Gasteiger partial charge in [-0.1, -0.05) is 0 Å². The number of hydrogen-bond donors (Lipinski definition) is 2. The maximum Gasteiger partial charge on any atom is 0.335 e. The van der Waals surface area contributed by atoms with Crippen molar-refractivity contribution in [2.45, 2.75) is 43.1 Å². The van der Waals surface area contributed by atoms with E-state index in [0.29, 0.717) is 31.7 Å². The number of hydrogen-bond acceptors (Lipinski definition) is 5. The van der Waals surface area contributed by atoms with Crippen molar-refractivity contribution in [2.24, 2.45) is 0 Å². The largest absolute Gasteiger partial charge is 0.479 e. The second kappa shape index (κ2) is 7.89. The Kier molecular flexibility index (Phi) is 4.93. The molecule has 6 rings (SSSR count). The number of carboxylic acid groups (broad SMARTS) is 1. The number of aliphatic carboxylic acids is 1. The molecule has 0 atom stereocenters. The van der Waals surface area contributed by atoms with E-state index in [-0.39, 0.29) is 17.7 Å². The van der Waals surface area contributed by atoms with E-state index in [1.54, 1.807) is 18.3 Å². The number of rotatable bonds is 5. The fourth-order valence-electron chi connectivity index (χ4n) is 5.62. The van der Waals surface area contributed by atoms with E-state index in [0.717, 1.165) is 46.2 Å². The Labute approximate surface area is 194 Å². The molecule has 34 heavy (non-hydrogen) atoms. The number of H-pyrrole nitrogens is 1. The number of methoxy groups -OCH3 is 1. The van der Waals surface area contributed by atoms with Crippen molar-refractivity contribution in [3.63, 3.8) is 0 Å². The van der Waals surface area contributed by atoms with Crippen LogP contribution in [0.25, 0.3) is 27.8 Å². The molecule has 0 spiro atoms. The number of carboxylic acids is 1. The average Bonchev–Trinajstić information content (AvgIpc) is 3.40. The van der Waals surface area contributed by atoms with Crippen molar-refractivity contribution in [2.75, 3.05) is 20.3 Å². The third-order valence-corrected chi connectivity index (χ3v) is 7.45. The third kappa shape index (κ3) is 3.14. The molecule has 0 bridgehead atoms. The molecule has 1 saturated heterocycles. The molecule has 1 saturated carbocycles. The zero-order valence-electron chi connectivity index (χ0n) is 18.8. The molecule has 0 amide bonds. The normalized spacial score (nSPS) is 23.4. The maximum atomic E-state index is 13.8. The van der Waals surface area contributed by atoms with E-state index >= 15 is 0 Å². The number of aromatic amines is 1. The molecule has 1 aromatic carbocycles. The van der Waals surface area contributed by atoms with Crippen molar-refractivity contribution in [1.82, 2.24) is 19.7 Å². The van der Waals surface area contributed by atoms with Gasteiger partial charge in [0, 0.05) is 48.6 Å². The Morgan fingerprint density at radius 2 is 1.97 bits per heavy atom. The van der Waals surface area contributed by atoms with Crippen LogP contribution in [0.15, 0.2) is 36.5 Å². The lowest BCUT2D eigenvalue weighted by Gasteiger charge is -2.43. The quantitative estimate of drug-likeness (QED) is 0.457. The van der Waals surface area contributed by atoms with Gasteiger partial charge in [-0.3, -0.25) is 5.10 Å². The SMILES string of the molecule is CO[C@]1(C(=O)O)C[C@H](c2c(C3CCOCC3)n(-c3ccc(F)cc3)c3cc4cn[nH]c4nc32)C1. The summed E-state index contributed by atoms with van der Waals surface area (Å²) in [4.78, 5) is 16.9. The van der Waals surface area contributed by atoms with Crippen molar-refractivity contribution < 1.29 is 23.8 Å². The summed E-state index contributed by atoms with van der Waals surface area (Å²) in [5, 5.41) is 17.8. The van der Waals surface area contributed by atoms with Crippen molar-refractivity contribution in [1.29, 1.82) is 0 Å². The summed E-state index contributed by atoms with van der Waals surface area (Å²) in [5.41, 5.74) is 4.23. The standard InChI is InChI=1S/C25H25FN4O4/c1-33-25(24(31)32)11-16(12-25)20-21-19(10-15-13-27-29-23(15)28-21)30(18-4-2-17(26)3-5-18)22(20)14-6-8-34-9-7-14/h2-5,10,13-14,16H,6-9,11-12H2,1H3,(H,31,32)(H,27,28,29)/t16-,25+. The van der Waals surface area contributed by atoms with Gasteiger partial charge in [-0.05, 0) is 61.9 Å². The molecular weight excluding hydrogens is 439 g/mol. The number of benzene rings is 1. The maximum absolute atomic E-state index is 13.8. The molecule has 1 aliphatic carbocycles. The summed E-state index contributed by atoms with van der Waals surface area (Å²) >= 11 is 0.